The fourth-order valence-corrected chi connectivity index (χ4v) is 1.80. The predicted octanol–water partition coefficient (Wildman–Crippen LogP) is 2.51. The molecule has 1 atom stereocenters. The molecule has 1 aromatic rings. The summed E-state index contributed by atoms with van der Waals surface area (Å²) in [4.78, 5) is 0. The average molecular weight is 252 g/mol. The third-order valence-corrected chi connectivity index (χ3v) is 2.90. The number of unbranched alkanes of at least 4 members (excludes halogenated alkanes) is 2. The maximum atomic E-state index is 9.70. The van der Waals surface area contributed by atoms with Gasteiger partial charge in [-0.3, -0.25) is 0 Å². The Labute approximate surface area is 109 Å². The first-order valence-electron chi connectivity index (χ1n) is 6.73. The summed E-state index contributed by atoms with van der Waals surface area (Å²) in [5, 5.41) is 18.3. The monoisotopic (exact) mass is 252 g/mol. The van der Waals surface area contributed by atoms with E-state index in [1.54, 1.807) is 0 Å². The van der Waals surface area contributed by atoms with Crippen molar-refractivity contribution in [2.75, 3.05) is 13.2 Å². The van der Waals surface area contributed by atoms with Gasteiger partial charge in [-0.1, -0.05) is 43.2 Å². The van der Waals surface area contributed by atoms with E-state index in [1.807, 2.05) is 30.3 Å². The molecule has 1 rings (SSSR count). The molecule has 0 aliphatic carbocycles. The molecule has 0 amide bonds. The van der Waals surface area contributed by atoms with E-state index in [2.05, 4.69) is 0 Å². The van der Waals surface area contributed by atoms with Crippen LogP contribution in [0.4, 0.5) is 0 Å². The van der Waals surface area contributed by atoms with Gasteiger partial charge in [0.25, 0.3) is 0 Å². The first-order chi connectivity index (χ1) is 8.83. The van der Waals surface area contributed by atoms with Gasteiger partial charge >= 0.3 is 0 Å². The van der Waals surface area contributed by atoms with Crippen LogP contribution in [0.3, 0.4) is 0 Å². The van der Waals surface area contributed by atoms with Crippen molar-refractivity contribution in [2.24, 2.45) is 0 Å². The minimum absolute atomic E-state index is 0.246. The van der Waals surface area contributed by atoms with Gasteiger partial charge in [-0.05, 0) is 24.8 Å². The van der Waals surface area contributed by atoms with Gasteiger partial charge in [-0.15, -0.1) is 0 Å². The summed E-state index contributed by atoms with van der Waals surface area (Å²) in [6, 6.07) is 10.0. The zero-order chi connectivity index (χ0) is 13.1. The number of hydrogen-bond acceptors (Lipinski definition) is 3. The number of ether oxygens (including phenoxy) is 1. The predicted molar refractivity (Wildman–Crippen MR) is 72.3 cm³/mol. The van der Waals surface area contributed by atoms with Crippen LogP contribution in [0.15, 0.2) is 30.3 Å². The minimum Gasteiger partial charge on any atom is -0.396 e. The molecule has 0 heterocycles. The highest BCUT2D eigenvalue weighted by atomic mass is 16.5. The van der Waals surface area contributed by atoms with E-state index in [0.29, 0.717) is 19.6 Å². The summed E-state index contributed by atoms with van der Waals surface area (Å²) in [5.74, 6) is 0. The molecular formula is C15H24O3. The largest absolute Gasteiger partial charge is 0.396 e. The molecule has 0 bridgehead atoms. The fourth-order valence-electron chi connectivity index (χ4n) is 1.80. The second-order valence-corrected chi connectivity index (χ2v) is 4.55. The van der Waals surface area contributed by atoms with Gasteiger partial charge in [0.05, 0.1) is 12.7 Å². The van der Waals surface area contributed by atoms with E-state index < -0.39 is 0 Å². The van der Waals surface area contributed by atoms with Gasteiger partial charge < -0.3 is 14.9 Å². The molecule has 0 saturated carbocycles. The van der Waals surface area contributed by atoms with Crippen LogP contribution >= 0.6 is 0 Å². The third-order valence-electron chi connectivity index (χ3n) is 2.90. The molecule has 102 valence electrons. The van der Waals surface area contributed by atoms with Crippen molar-refractivity contribution in [3.05, 3.63) is 35.9 Å². The Hall–Kier alpha value is -0.900. The molecule has 0 aromatic heterocycles. The van der Waals surface area contributed by atoms with E-state index in [1.165, 1.54) is 0 Å². The molecule has 0 aliphatic heterocycles. The lowest BCUT2D eigenvalue weighted by atomic mass is 10.1. The topological polar surface area (TPSA) is 49.7 Å². The van der Waals surface area contributed by atoms with Gasteiger partial charge in [0.1, 0.15) is 0 Å². The number of rotatable bonds is 10. The van der Waals surface area contributed by atoms with Crippen molar-refractivity contribution >= 4 is 0 Å². The molecule has 0 spiro atoms. The average Bonchev–Trinajstić information content (AvgIpc) is 2.41. The maximum Gasteiger partial charge on any atom is 0.0716 e. The van der Waals surface area contributed by atoms with Crippen LogP contribution in [0.2, 0.25) is 0 Å². The highest BCUT2D eigenvalue weighted by molar-refractivity contribution is 5.13. The van der Waals surface area contributed by atoms with Crippen molar-refractivity contribution in [3.63, 3.8) is 0 Å². The van der Waals surface area contributed by atoms with Crippen LogP contribution in [0.1, 0.15) is 37.7 Å². The summed E-state index contributed by atoms with van der Waals surface area (Å²) in [6.45, 7) is 1.45. The van der Waals surface area contributed by atoms with Gasteiger partial charge in [0.15, 0.2) is 0 Å². The van der Waals surface area contributed by atoms with Crippen molar-refractivity contribution in [1.82, 2.24) is 0 Å². The second-order valence-electron chi connectivity index (χ2n) is 4.55. The normalized spacial score (nSPS) is 12.6. The van der Waals surface area contributed by atoms with Crippen LogP contribution in [-0.4, -0.2) is 29.5 Å². The number of aliphatic hydroxyl groups is 2. The Bertz CT molecular complexity index is 287. The van der Waals surface area contributed by atoms with Crippen LogP contribution in [0, 0.1) is 0 Å². The first kappa shape index (κ1) is 15.2. The zero-order valence-electron chi connectivity index (χ0n) is 10.9. The summed E-state index contributed by atoms with van der Waals surface area (Å²) in [5.41, 5.74) is 1.16. The lowest BCUT2D eigenvalue weighted by Crippen LogP contribution is -2.10. The summed E-state index contributed by atoms with van der Waals surface area (Å²) in [7, 11) is 0. The Morgan fingerprint density at radius 1 is 1.00 bits per heavy atom. The number of hydrogen-bond donors (Lipinski definition) is 2. The summed E-state index contributed by atoms with van der Waals surface area (Å²) in [6.07, 6.45) is 4.00. The first-order valence-corrected chi connectivity index (χ1v) is 6.73. The van der Waals surface area contributed by atoms with Crippen molar-refractivity contribution in [3.8, 4) is 0 Å². The van der Waals surface area contributed by atoms with Crippen LogP contribution in [0.5, 0.6) is 0 Å². The minimum atomic E-state index is -0.278. The van der Waals surface area contributed by atoms with Gasteiger partial charge in [0.2, 0.25) is 0 Å². The highest BCUT2D eigenvalue weighted by Crippen LogP contribution is 2.07. The molecule has 0 unspecified atom stereocenters. The Kier molecular flexibility index (Phi) is 8.47. The molecule has 3 heteroatoms. The molecule has 1 aromatic carbocycles. The van der Waals surface area contributed by atoms with Gasteiger partial charge in [-0.2, -0.15) is 0 Å². The standard InChI is InChI=1S/C15H24O3/c16-11-6-2-5-9-15(17)10-12-18-13-14-7-3-1-4-8-14/h1,3-4,7-8,15-17H,2,5-6,9-13H2/t15-/m1/s1. The lowest BCUT2D eigenvalue weighted by Gasteiger charge is -2.10. The third kappa shape index (κ3) is 7.43. The lowest BCUT2D eigenvalue weighted by molar-refractivity contribution is 0.0688. The Morgan fingerprint density at radius 3 is 2.50 bits per heavy atom. The SMILES string of the molecule is OCCCCC[C@@H](O)CCOCc1ccccc1. The van der Waals surface area contributed by atoms with Crippen LogP contribution < -0.4 is 0 Å². The molecule has 0 aliphatic rings. The molecule has 18 heavy (non-hydrogen) atoms. The smallest absolute Gasteiger partial charge is 0.0716 e. The van der Waals surface area contributed by atoms with Crippen LogP contribution in [0.25, 0.3) is 0 Å². The molecule has 0 fully saturated rings. The van der Waals surface area contributed by atoms with E-state index in [0.717, 1.165) is 31.2 Å². The number of aliphatic hydroxyl groups excluding tert-OH is 2. The van der Waals surface area contributed by atoms with Crippen molar-refractivity contribution < 1.29 is 14.9 Å². The van der Waals surface area contributed by atoms with Crippen molar-refractivity contribution in [1.29, 1.82) is 0 Å². The fraction of sp³-hybridized carbons (Fsp3) is 0.600. The van der Waals surface area contributed by atoms with Gasteiger partial charge in [-0.25, -0.2) is 0 Å². The maximum absolute atomic E-state index is 9.70. The number of benzene rings is 1. The molecular weight excluding hydrogens is 228 g/mol. The second kappa shape index (κ2) is 10.1. The summed E-state index contributed by atoms with van der Waals surface area (Å²) < 4.78 is 5.52. The molecule has 3 nitrogen and oxygen atoms in total. The highest BCUT2D eigenvalue weighted by Gasteiger charge is 2.03. The quantitative estimate of drug-likeness (QED) is 0.629. The van der Waals surface area contributed by atoms with E-state index >= 15 is 0 Å². The van der Waals surface area contributed by atoms with E-state index in [4.69, 9.17) is 9.84 Å². The Balaban J connectivity index is 1.97. The van der Waals surface area contributed by atoms with Gasteiger partial charge in [0, 0.05) is 13.2 Å². The zero-order valence-corrected chi connectivity index (χ0v) is 10.9. The molecule has 0 radical (unpaired) electrons. The molecule has 2 N–H and O–H groups in total. The van der Waals surface area contributed by atoms with E-state index in [9.17, 15) is 5.11 Å². The van der Waals surface area contributed by atoms with Crippen LogP contribution in [-0.2, 0) is 11.3 Å². The molecule has 0 saturated heterocycles. The summed E-state index contributed by atoms with van der Waals surface area (Å²) >= 11 is 0. The van der Waals surface area contributed by atoms with E-state index in [-0.39, 0.29) is 12.7 Å². The van der Waals surface area contributed by atoms with Crippen molar-refractivity contribution in [2.45, 2.75) is 44.8 Å². The Morgan fingerprint density at radius 2 is 1.78 bits per heavy atom.